The number of thioether (sulfide) groups is 1. The second-order valence-corrected chi connectivity index (χ2v) is 4.92. The van der Waals surface area contributed by atoms with Crippen LogP contribution in [0.4, 0.5) is 0 Å². The first-order chi connectivity index (χ1) is 8.68. The van der Waals surface area contributed by atoms with E-state index in [4.69, 9.17) is 0 Å². The van der Waals surface area contributed by atoms with Crippen LogP contribution >= 0.6 is 11.8 Å². The van der Waals surface area contributed by atoms with Crippen molar-refractivity contribution < 1.29 is 9.49 Å². The average Bonchev–Trinajstić information content (AvgIpc) is 2.38. The zero-order valence-corrected chi connectivity index (χ0v) is 10.7. The minimum absolute atomic E-state index is 0.257. The minimum Gasteiger partial charge on any atom is -0.263 e. The molecule has 18 heavy (non-hydrogen) atoms. The van der Waals surface area contributed by atoms with E-state index in [1.807, 2.05) is 54.2 Å². The highest BCUT2D eigenvalue weighted by atomic mass is 32.2. The van der Waals surface area contributed by atoms with Crippen molar-refractivity contribution in [2.45, 2.75) is 10.4 Å². The van der Waals surface area contributed by atoms with E-state index in [1.165, 1.54) is 11.8 Å². The second-order valence-electron chi connectivity index (χ2n) is 3.82. The van der Waals surface area contributed by atoms with E-state index < -0.39 is 5.37 Å². The van der Waals surface area contributed by atoms with Crippen molar-refractivity contribution in [1.82, 2.24) is 0 Å². The van der Waals surface area contributed by atoms with E-state index >= 15 is 0 Å². The summed E-state index contributed by atoms with van der Waals surface area (Å²) >= 11 is 1.24. The van der Waals surface area contributed by atoms with Crippen molar-refractivity contribution in [3.8, 4) is 0 Å². The van der Waals surface area contributed by atoms with Gasteiger partial charge in [0.2, 0.25) is 5.03 Å². The van der Waals surface area contributed by atoms with Gasteiger partial charge in [0.1, 0.15) is 7.05 Å². The number of pyridine rings is 1. The summed E-state index contributed by atoms with van der Waals surface area (Å²) in [5.74, 6) is 0. The van der Waals surface area contributed by atoms with Crippen LogP contribution in [0.25, 0.3) is 0 Å². The molecule has 0 N–H and O–H groups in total. The van der Waals surface area contributed by atoms with Gasteiger partial charge in [0.15, 0.2) is 6.20 Å². The maximum absolute atomic E-state index is 11.2. The zero-order valence-electron chi connectivity index (χ0n) is 9.89. The molecule has 4 nitrogen and oxygen atoms in total. The Kier molecular flexibility index (Phi) is 3.94. The van der Waals surface area contributed by atoms with E-state index in [-0.39, 0.29) is 4.92 Å². The maximum atomic E-state index is 11.2. The van der Waals surface area contributed by atoms with Gasteiger partial charge in [-0.2, -0.15) is 4.57 Å². The molecule has 2 rings (SSSR count). The summed E-state index contributed by atoms with van der Waals surface area (Å²) in [5.41, 5.74) is 0.705. The van der Waals surface area contributed by atoms with Crippen LogP contribution in [-0.4, -0.2) is 4.92 Å². The van der Waals surface area contributed by atoms with Crippen LogP contribution in [0, 0.1) is 10.1 Å². The van der Waals surface area contributed by atoms with E-state index in [0.717, 1.165) is 5.03 Å². The molecule has 0 amide bonds. The number of hydrogen-bond donors (Lipinski definition) is 0. The third-order valence-corrected chi connectivity index (χ3v) is 3.85. The van der Waals surface area contributed by atoms with Crippen LogP contribution in [0.2, 0.25) is 0 Å². The van der Waals surface area contributed by atoms with Gasteiger partial charge in [-0.05, 0) is 6.07 Å². The van der Waals surface area contributed by atoms with Crippen LogP contribution in [0.1, 0.15) is 10.9 Å². The number of aryl methyl sites for hydroxylation is 1. The van der Waals surface area contributed by atoms with Gasteiger partial charge in [-0.3, -0.25) is 10.1 Å². The Bertz CT molecular complexity index is 546. The first-order valence-corrected chi connectivity index (χ1v) is 6.36. The molecular weight excluding hydrogens is 248 g/mol. The Morgan fingerprint density at radius 3 is 2.44 bits per heavy atom. The van der Waals surface area contributed by atoms with E-state index in [9.17, 15) is 10.1 Å². The van der Waals surface area contributed by atoms with Crippen LogP contribution in [0.15, 0.2) is 59.8 Å². The highest BCUT2D eigenvalue weighted by Gasteiger charge is 2.27. The molecule has 0 fully saturated rings. The topological polar surface area (TPSA) is 47.0 Å². The standard InChI is InChI=1S/C13H13N2O2S/c1-14-10-6-5-9-12(14)18-13(15(16)17)11-7-3-2-4-8-11/h2-10,13H,1H3/q+1. The maximum Gasteiger partial charge on any atom is 0.293 e. The van der Waals surface area contributed by atoms with Crippen molar-refractivity contribution in [2.75, 3.05) is 0 Å². The van der Waals surface area contributed by atoms with Gasteiger partial charge < -0.3 is 0 Å². The summed E-state index contributed by atoms with van der Waals surface area (Å²) in [6, 6.07) is 14.7. The number of benzene rings is 1. The predicted molar refractivity (Wildman–Crippen MR) is 69.7 cm³/mol. The Hall–Kier alpha value is -1.88. The molecule has 0 aliphatic heterocycles. The fraction of sp³-hybridized carbons (Fsp3) is 0.154. The van der Waals surface area contributed by atoms with Crippen LogP contribution in [0.5, 0.6) is 0 Å². The Morgan fingerprint density at radius 2 is 1.83 bits per heavy atom. The summed E-state index contributed by atoms with van der Waals surface area (Å²) in [5, 5.41) is 11.3. The van der Waals surface area contributed by atoms with Crippen molar-refractivity contribution in [2.24, 2.45) is 7.05 Å². The largest absolute Gasteiger partial charge is 0.293 e. The SMILES string of the molecule is C[n+]1ccccc1SC(c1ccccc1)[N+](=O)[O-]. The van der Waals surface area contributed by atoms with Gasteiger partial charge in [0.05, 0.1) is 0 Å². The summed E-state index contributed by atoms with van der Waals surface area (Å²) in [4.78, 5) is 10.9. The first kappa shape index (κ1) is 12.6. The number of nitro groups is 1. The lowest BCUT2D eigenvalue weighted by molar-refractivity contribution is -0.709. The number of hydrogen-bond acceptors (Lipinski definition) is 3. The highest BCUT2D eigenvalue weighted by Crippen LogP contribution is 2.33. The zero-order chi connectivity index (χ0) is 13.0. The molecule has 2 aromatic rings. The van der Waals surface area contributed by atoms with Crippen LogP contribution < -0.4 is 4.57 Å². The number of aromatic nitrogens is 1. The summed E-state index contributed by atoms with van der Waals surface area (Å²) in [6.45, 7) is 0. The second kappa shape index (κ2) is 5.64. The number of rotatable bonds is 4. The summed E-state index contributed by atoms with van der Waals surface area (Å²) in [7, 11) is 1.88. The fourth-order valence-corrected chi connectivity index (χ4v) is 2.59. The monoisotopic (exact) mass is 261 g/mol. The molecule has 0 bridgehead atoms. The van der Waals surface area contributed by atoms with Gasteiger partial charge in [-0.1, -0.05) is 30.3 Å². The fourth-order valence-electron chi connectivity index (χ4n) is 1.59. The molecule has 5 heteroatoms. The molecule has 1 heterocycles. The quantitative estimate of drug-likeness (QED) is 0.279. The number of nitrogens with zero attached hydrogens (tertiary/aromatic N) is 2. The molecule has 1 aromatic heterocycles. The van der Waals surface area contributed by atoms with E-state index in [0.29, 0.717) is 5.56 Å². The normalized spacial score (nSPS) is 12.1. The molecule has 92 valence electrons. The molecule has 0 aliphatic carbocycles. The lowest BCUT2D eigenvalue weighted by atomic mass is 10.2. The Labute approximate surface area is 109 Å². The van der Waals surface area contributed by atoms with Crippen molar-refractivity contribution in [3.63, 3.8) is 0 Å². The predicted octanol–water partition coefficient (Wildman–Crippen LogP) is 2.58. The average molecular weight is 261 g/mol. The van der Waals surface area contributed by atoms with Crippen molar-refractivity contribution >= 4 is 11.8 Å². The third kappa shape index (κ3) is 2.87. The first-order valence-electron chi connectivity index (χ1n) is 5.48. The van der Waals surface area contributed by atoms with Crippen LogP contribution in [-0.2, 0) is 7.05 Å². The molecule has 0 saturated heterocycles. The van der Waals surface area contributed by atoms with E-state index in [1.54, 1.807) is 12.1 Å². The molecular formula is C13H13N2O2S+. The Morgan fingerprint density at radius 1 is 1.17 bits per heavy atom. The van der Waals surface area contributed by atoms with Crippen molar-refractivity contribution in [3.05, 3.63) is 70.4 Å². The van der Waals surface area contributed by atoms with Gasteiger partial charge in [0, 0.05) is 34.4 Å². The smallest absolute Gasteiger partial charge is 0.263 e. The lowest BCUT2D eigenvalue weighted by Gasteiger charge is -2.07. The molecule has 1 atom stereocenters. The Balaban J connectivity index is 2.28. The van der Waals surface area contributed by atoms with Crippen molar-refractivity contribution in [1.29, 1.82) is 0 Å². The molecule has 0 radical (unpaired) electrons. The molecule has 0 saturated carbocycles. The van der Waals surface area contributed by atoms with Gasteiger partial charge in [-0.25, -0.2) is 0 Å². The minimum atomic E-state index is -0.778. The molecule has 0 spiro atoms. The molecule has 1 aromatic carbocycles. The van der Waals surface area contributed by atoms with Gasteiger partial charge in [0.25, 0.3) is 5.37 Å². The van der Waals surface area contributed by atoms with Gasteiger partial charge in [-0.15, -0.1) is 0 Å². The van der Waals surface area contributed by atoms with E-state index in [2.05, 4.69) is 0 Å². The molecule has 1 unspecified atom stereocenters. The highest BCUT2D eigenvalue weighted by molar-refractivity contribution is 7.99. The third-order valence-electron chi connectivity index (χ3n) is 2.52. The lowest BCUT2D eigenvalue weighted by Crippen LogP contribution is -2.30. The summed E-state index contributed by atoms with van der Waals surface area (Å²) in [6.07, 6.45) is 1.88. The van der Waals surface area contributed by atoms with Crippen LogP contribution in [0.3, 0.4) is 0 Å². The molecule has 0 aliphatic rings. The van der Waals surface area contributed by atoms with Gasteiger partial charge >= 0.3 is 0 Å². The summed E-state index contributed by atoms with van der Waals surface area (Å²) < 4.78 is 1.88.